The van der Waals surface area contributed by atoms with Crippen LogP contribution >= 0.6 is 0 Å². The molecule has 0 fully saturated rings. The predicted octanol–water partition coefficient (Wildman–Crippen LogP) is 0.0721. The van der Waals surface area contributed by atoms with Crippen molar-refractivity contribution >= 4 is 15.8 Å². The Hall–Kier alpha value is -1.37. The number of rotatable bonds is 2. The number of carbonyl (C=O) groups is 1. The Morgan fingerprint density at radius 1 is 1.56 bits per heavy atom. The number of hydrogen-bond donors (Lipinski definition) is 1. The fourth-order valence-corrected chi connectivity index (χ4v) is 3.31. The van der Waals surface area contributed by atoms with E-state index in [-0.39, 0.29) is 17.2 Å². The van der Waals surface area contributed by atoms with Crippen LogP contribution in [0, 0.1) is 0 Å². The summed E-state index contributed by atoms with van der Waals surface area (Å²) in [6.45, 7) is 2.20. The maximum absolute atomic E-state index is 11.5. The van der Waals surface area contributed by atoms with Crippen molar-refractivity contribution in [3.05, 3.63) is 17.0 Å². The largest absolute Gasteiger partial charge is 0.477 e. The average molecular weight is 244 g/mol. The van der Waals surface area contributed by atoms with E-state index >= 15 is 0 Å². The van der Waals surface area contributed by atoms with Crippen LogP contribution in [0.2, 0.25) is 0 Å². The molecule has 1 aromatic heterocycles. The molecule has 0 amide bonds. The molecule has 0 bridgehead atoms. The summed E-state index contributed by atoms with van der Waals surface area (Å²) in [6.07, 6.45) is 0.310. The SMILES string of the molecule is CCn1nc2c(c1C(=O)O)CS(=O)(=O)CC2. The lowest BCUT2D eigenvalue weighted by Crippen LogP contribution is -2.20. The van der Waals surface area contributed by atoms with Crippen LogP contribution in [0.15, 0.2) is 0 Å². The Labute approximate surface area is 92.8 Å². The maximum Gasteiger partial charge on any atom is 0.354 e. The molecule has 0 spiro atoms. The maximum atomic E-state index is 11.5. The molecule has 2 heterocycles. The Balaban J connectivity index is 2.61. The van der Waals surface area contributed by atoms with Gasteiger partial charge in [-0.2, -0.15) is 5.10 Å². The quantitative estimate of drug-likeness (QED) is 0.795. The second-order valence-electron chi connectivity index (χ2n) is 3.74. The minimum absolute atomic E-state index is 0.0146. The third kappa shape index (κ3) is 1.71. The highest BCUT2D eigenvalue weighted by Crippen LogP contribution is 2.23. The van der Waals surface area contributed by atoms with Gasteiger partial charge in [0.15, 0.2) is 15.5 Å². The van der Waals surface area contributed by atoms with E-state index in [4.69, 9.17) is 5.11 Å². The van der Waals surface area contributed by atoms with Gasteiger partial charge in [0.05, 0.1) is 17.2 Å². The number of nitrogens with zero attached hydrogens (tertiary/aromatic N) is 2. The van der Waals surface area contributed by atoms with Crippen LogP contribution in [0.25, 0.3) is 0 Å². The number of carboxylic acids is 1. The molecule has 0 saturated heterocycles. The Kier molecular flexibility index (Phi) is 2.49. The molecule has 1 aromatic rings. The second kappa shape index (κ2) is 3.58. The number of aryl methyl sites for hydroxylation is 2. The molecular weight excluding hydrogens is 232 g/mol. The van der Waals surface area contributed by atoms with Gasteiger partial charge in [0, 0.05) is 18.5 Å². The summed E-state index contributed by atoms with van der Waals surface area (Å²) in [5, 5.41) is 13.2. The van der Waals surface area contributed by atoms with Crippen molar-refractivity contribution in [2.24, 2.45) is 0 Å². The zero-order valence-corrected chi connectivity index (χ0v) is 9.62. The molecule has 0 aromatic carbocycles. The minimum Gasteiger partial charge on any atom is -0.477 e. The Morgan fingerprint density at radius 2 is 2.25 bits per heavy atom. The number of hydrogen-bond acceptors (Lipinski definition) is 4. The number of aromatic carboxylic acids is 1. The highest BCUT2D eigenvalue weighted by Gasteiger charge is 2.30. The van der Waals surface area contributed by atoms with E-state index in [1.807, 2.05) is 0 Å². The molecular formula is C9H12N2O4S. The predicted molar refractivity (Wildman–Crippen MR) is 56.1 cm³/mol. The van der Waals surface area contributed by atoms with Gasteiger partial charge in [-0.25, -0.2) is 13.2 Å². The first-order valence-electron chi connectivity index (χ1n) is 4.97. The molecule has 1 aliphatic rings. The average Bonchev–Trinajstić information content (AvgIpc) is 2.53. The topological polar surface area (TPSA) is 89.3 Å². The molecule has 0 atom stereocenters. The Morgan fingerprint density at radius 3 is 2.81 bits per heavy atom. The smallest absolute Gasteiger partial charge is 0.354 e. The molecule has 7 heteroatoms. The van der Waals surface area contributed by atoms with E-state index in [2.05, 4.69) is 5.10 Å². The molecule has 1 aliphatic heterocycles. The lowest BCUT2D eigenvalue weighted by molar-refractivity contribution is 0.0682. The van der Waals surface area contributed by atoms with Crippen LogP contribution < -0.4 is 0 Å². The summed E-state index contributed by atoms with van der Waals surface area (Å²) >= 11 is 0. The highest BCUT2D eigenvalue weighted by molar-refractivity contribution is 7.90. The van der Waals surface area contributed by atoms with Gasteiger partial charge in [-0.1, -0.05) is 0 Å². The fourth-order valence-electron chi connectivity index (χ4n) is 1.91. The van der Waals surface area contributed by atoms with Crippen LogP contribution in [0.1, 0.15) is 28.7 Å². The van der Waals surface area contributed by atoms with Crippen molar-refractivity contribution in [3.8, 4) is 0 Å². The second-order valence-corrected chi connectivity index (χ2v) is 5.92. The molecule has 0 saturated carbocycles. The van der Waals surface area contributed by atoms with E-state index in [1.54, 1.807) is 6.92 Å². The third-order valence-electron chi connectivity index (χ3n) is 2.65. The van der Waals surface area contributed by atoms with Crippen molar-refractivity contribution in [1.82, 2.24) is 9.78 Å². The summed E-state index contributed by atoms with van der Waals surface area (Å²) in [4.78, 5) is 11.1. The highest BCUT2D eigenvalue weighted by atomic mass is 32.2. The van der Waals surface area contributed by atoms with Crippen LogP contribution in [-0.4, -0.2) is 35.0 Å². The van der Waals surface area contributed by atoms with Gasteiger partial charge in [0.1, 0.15) is 0 Å². The number of aromatic nitrogens is 2. The lowest BCUT2D eigenvalue weighted by Gasteiger charge is -2.10. The monoisotopic (exact) mass is 244 g/mol. The Bertz CT molecular complexity index is 544. The summed E-state index contributed by atoms with van der Waals surface area (Å²) in [6, 6.07) is 0. The van der Waals surface area contributed by atoms with Crippen molar-refractivity contribution < 1.29 is 18.3 Å². The first kappa shape index (κ1) is 11.1. The van der Waals surface area contributed by atoms with Gasteiger partial charge in [0.2, 0.25) is 0 Å². The van der Waals surface area contributed by atoms with Gasteiger partial charge >= 0.3 is 5.97 Å². The molecule has 6 nitrogen and oxygen atoms in total. The summed E-state index contributed by atoms with van der Waals surface area (Å²) < 4.78 is 24.3. The van der Waals surface area contributed by atoms with Crippen molar-refractivity contribution in [1.29, 1.82) is 0 Å². The number of sulfone groups is 1. The lowest BCUT2D eigenvalue weighted by atomic mass is 10.1. The van der Waals surface area contributed by atoms with Crippen molar-refractivity contribution in [2.75, 3.05) is 5.75 Å². The summed E-state index contributed by atoms with van der Waals surface area (Å²) in [5.41, 5.74) is 0.982. The number of fused-ring (bicyclic) bond motifs is 1. The van der Waals surface area contributed by atoms with E-state index in [0.717, 1.165) is 0 Å². The van der Waals surface area contributed by atoms with E-state index in [9.17, 15) is 13.2 Å². The standard InChI is InChI=1S/C9H12N2O4S/c1-2-11-8(9(12)13)6-5-16(14,15)4-3-7(6)10-11/h2-5H2,1H3,(H,12,13). The minimum atomic E-state index is -3.16. The van der Waals surface area contributed by atoms with Crippen LogP contribution in [0.4, 0.5) is 0 Å². The molecule has 16 heavy (non-hydrogen) atoms. The van der Waals surface area contributed by atoms with Crippen LogP contribution in [0.3, 0.4) is 0 Å². The third-order valence-corrected chi connectivity index (χ3v) is 4.20. The molecule has 88 valence electrons. The zero-order valence-electron chi connectivity index (χ0n) is 8.80. The first-order valence-corrected chi connectivity index (χ1v) is 6.79. The molecule has 0 aliphatic carbocycles. The molecule has 0 radical (unpaired) electrons. The van der Waals surface area contributed by atoms with Crippen molar-refractivity contribution in [2.45, 2.75) is 25.6 Å². The van der Waals surface area contributed by atoms with Crippen molar-refractivity contribution in [3.63, 3.8) is 0 Å². The van der Waals surface area contributed by atoms with Crippen LogP contribution in [0.5, 0.6) is 0 Å². The van der Waals surface area contributed by atoms with E-state index < -0.39 is 15.8 Å². The summed E-state index contributed by atoms with van der Waals surface area (Å²) in [7, 11) is -3.16. The molecule has 0 unspecified atom stereocenters. The van der Waals surface area contributed by atoms with Crippen LogP contribution in [-0.2, 0) is 28.6 Å². The van der Waals surface area contributed by atoms with Gasteiger partial charge < -0.3 is 5.11 Å². The van der Waals surface area contributed by atoms with E-state index in [1.165, 1.54) is 4.68 Å². The zero-order chi connectivity index (χ0) is 11.9. The normalized spacial score (nSPS) is 18.1. The fraction of sp³-hybridized carbons (Fsp3) is 0.556. The van der Waals surface area contributed by atoms with Gasteiger partial charge in [0.25, 0.3) is 0 Å². The number of carboxylic acid groups (broad SMARTS) is 1. The van der Waals surface area contributed by atoms with Gasteiger partial charge in [-0.15, -0.1) is 0 Å². The summed E-state index contributed by atoms with van der Waals surface area (Å²) in [5.74, 6) is -1.27. The van der Waals surface area contributed by atoms with Gasteiger partial charge in [-0.3, -0.25) is 4.68 Å². The van der Waals surface area contributed by atoms with E-state index in [0.29, 0.717) is 24.2 Å². The molecule has 1 N–H and O–H groups in total. The molecule has 2 rings (SSSR count). The first-order chi connectivity index (χ1) is 7.44. The van der Waals surface area contributed by atoms with Gasteiger partial charge in [-0.05, 0) is 6.92 Å².